The second-order valence-electron chi connectivity index (χ2n) is 8.94. The maximum Gasteiger partial charge on any atom is 0.272 e. The van der Waals surface area contributed by atoms with E-state index in [9.17, 15) is 14.4 Å². The third kappa shape index (κ3) is 7.92. The maximum atomic E-state index is 13.2. The van der Waals surface area contributed by atoms with Gasteiger partial charge in [-0.15, -0.1) is 23.1 Å². The molecule has 0 radical (unpaired) electrons. The highest BCUT2D eigenvalue weighted by Gasteiger charge is 2.18. The number of rotatable bonds is 9. The van der Waals surface area contributed by atoms with Crippen molar-refractivity contribution >= 4 is 58.3 Å². The number of thiophene rings is 1. The second-order valence-corrected chi connectivity index (χ2v) is 11.3. The molecule has 6 nitrogen and oxygen atoms in total. The van der Waals surface area contributed by atoms with Crippen LogP contribution in [-0.4, -0.2) is 23.0 Å². The SMILES string of the molecule is Cc1ccc(NC(=O)C(C)Sc2cccc(NC(=O)/C(=C/c3cccs3)NC(=O)c3ccccc3)c2)c(C)c1. The Bertz CT molecular complexity index is 1500. The quantitative estimate of drug-likeness (QED) is 0.155. The molecule has 0 fully saturated rings. The highest BCUT2D eigenvalue weighted by atomic mass is 32.2. The van der Waals surface area contributed by atoms with E-state index in [1.54, 1.807) is 36.4 Å². The van der Waals surface area contributed by atoms with Gasteiger partial charge in [-0.1, -0.05) is 48.0 Å². The summed E-state index contributed by atoms with van der Waals surface area (Å²) in [5, 5.41) is 10.2. The van der Waals surface area contributed by atoms with Gasteiger partial charge < -0.3 is 16.0 Å². The Labute approximate surface area is 236 Å². The molecular weight excluding hydrogens is 526 g/mol. The van der Waals surface area contributed by atoms with Gasteiger partial charge >= 0.3 is 0 Å². The van der Waals surface area contributed by atoms with Gasteiger partial charge in [-0.05, 0) is 80.3 Å². The number of benzene rings is 3. The summed E-state index contributed by atoms with van der Waals surface area (Å²) in [6.45, 7) is 5.83. The van der Waals surface area contributed by atoms with E-state index in [2.05, 4.69) is 16.0 Å². The van der Waals surface area contributed by atoms with Crippen LogP contribution >= 0.6 is 23.1 Å². The Hall–Kier alpha value is -4.14. The topological polar surface area (TPSA) is 87.3 Å². The highest BCUT2D eigenvalue weighted by Crippen LogP contribution is 2.27. The minimum Gasteiger partial charge on any atom is -0.325 e. The van der Waals surface area contributed by atoms with Crippen LogP contribution in [0.4, 0.5) is 11.4 Å². The number of carbonyl (C=O) groups excluding carboxylic acids is 3. The van der Waals surface area contributed by atoms with Crippen LogP contribution in [0.5, 0.6) is 0 Å². The molecule has 0 saturated heterocycles. The van der Waals surface area contributed by atoms with Crippen LogP contribution < -0.4 is 16.0 Å². The van der Waals surface area contributed by atoms with Crippen LogP contribution in [0.25, 0.3) is 6.08 Å². The Balaban J connectivity index is 1.44. The molecule has 0 aliphatic rings. The fourth-order valence-corrected chi connectivity index (χ4v) is 5.33. The lowest BCUT2D eigenvalue weighted by molar-refractivity contribution is -0.115. The number of thioether (sulfide) groups is 1. The first-order valence-corrected chi connectivity index (χ1v) is 14.1. The zero-order valence-corrected chi connectivity index (χ0v) is 23.5. The first kappa shape index (κ1) is 27.9. The van der Waals surface area contributed by atoms with E-state index in [0.29, 0.717) is 11.3 Å². The number of aryl methyl sites for hydroxylation is 2. The van der Waals surface area contributed by atoms with Crippen molar-refractivity contribution in [3.8, 4) is 0 Å². The van der Waals surface area contributed by atoms with E-state index in [-0.39, 0.29) is 22.8 Å². The zero-order chi connectivity index (χ0) is 27.8. The van der Waals surface area contributed by atoms with E-state index in [0.717, 1.165) is 26.6 Å². The van der Waals surface area contributed by atoms with Crippen molar-refractivity contribution in [3.05, 3.63) is 118 Å². The van der Waals surface area contributed by atoms with Gasteiger partial charge in [0.05, 0.1) is 5.25 Å². The van der Waals surface area contributed by atoms with E-state index in [1.807, 2.05) is 80.7 Å². The predicted molar refractivity (Wildman–Crippen MR) is 161 cm³/mol. The molecule has 1 aromatic heterocycles. The van der Waals surface area contributed by atoms with E-state index in [4.69, 9.17) is 0 Å². The molecule has 3 aromatic carbocycles. The van der Waals surface area contributed by atoms with E-state index >= 15 is 0 Å². The van der Waals surface area contributed by atoms with Crippen molar-refractivity contribution in [2.24, 2.45) is 0 Å². The molecule has 0 aliphatic carbocycles. The van der Waals surface area contributed by atoms with Crippen molar-refractivity contribution in [1.82, 2.24) is 5.32 Å². The number of nitrogens with one attached hydrogen (secondary N) is 3. The minimum atomic E-state index is -0.449. The smallest absolute Gasteiger partial charge is 0.272 e. The Morgan fingerprint density at radius 3 is 2.38 bits per heavy atom. The van der Waals surface area contributed by atoms with Crippen LogP contribution in [0.1, 0.15) is 33.3 Å². The highest BCUT2D eigenvalue weighted by molar-refractivity contribution is 8.00. The molecule has 0 bridgehead atoms. The van der Waals surface area contributed by atoms with Crippen molar-refractivity contribution in [3.63, 3.8) is 0 Å². The summed E-state index contributed by atoms with van der Waals surface area (Å²) in [7, 11) is 0. The molecule has 198 valence electrons. The zero-order valence-electron chi connectivity index (χ0n) is 21.9. The van der Waals surface area contributed by atoms with Gasteiger partial charge in [0.15, 0.2) is 0 Å². The van der Waals surface area contributed by atoms with Gasteiger partial charge in [-0.3, -0.25) is 14.4 Å². The fraction of sp³-hybridized carbons (Fsp3) is 0.129. The van der Waals surface area contributed by atoms with Crippen LogP contribution in [-0.2, 0) is 9.59 Å². The van der Waals surface area contributed by atoms with Gasteiger partial charge in [0.1, 0.15) is 5.70 Å². The third-order valence-corrected chi connectivity index (χ3v) is 7.69. The summed E-state index contributed by atoms with van der Waals surface area (Å²) in [5.74, 6) is -0.928. The summed E-state index contributed by atoms with van der Waals surface area (Å²) in [6, 6.07) is 25.7. The largest absolute Gasteiger partial charge is 0.325 e. The summed E-state index contributed by atoms with van der Waals surface area (Å²) >= 11 is 2.86. The van der Waals surface area contributed by atoms with Gasteiger partial charge in [0.25, 0.3) is 11.8 Å². The molecule has 8 heteroatoms. The van der Waals surface area contributed by atoms with Gasteiger partial charge in [-0.2, -0.15) is 0 Å². The van der Waals surface area contributed by atoms with Gasteiger partial charge in [0, 0.05) is 26.7 Å². The molecule has 1 unspecified atom stereocenters. The van der Waals surface area contributed by atoms with Crippen LogP contribution in [0.15, 0.2) is 101 Å². The lowest BCUT2D eigenvalue weighted by atomic mass is 10.1. The van der Waals surface area contributed by atoms with E-state index < -0.39 is 5.91 Å². The molecule has 4 rings (SSSR count). The average Bonchev–Trinajstić information content (AvgIpc) is 3.43. The number of hydrogen-bond acceptors (Lipinski definition) is 5. The third-order valence-electron chi connectivity index (χ3n) is 5.77. The lowest BCUT2D eigenvalue weighted by Crippen LogP contribution is -2.30. The Morgan fingerprint density at radius 1 is 0.872 bits per heavy atom. The summed E-state index contributed by atoms with van der Waals surface area (Å²) in [4.78, 5) is 40.5. The number of anilines is 2. The van der Waals surface area contributed by atoms with Crippen LogP contribution in [0, 0.1) is 13.8 Å². The number of amides is 3. The summed E-state index contributed by atoms with van der Waals surface area (Å²) < 4.78 is 0. The Kier molecular flexibility index (Phi) is 9.35. The predicted octanol–water partition coefficient (Wildman–Crippen LogP) is 6.89. The second kappa shape index (κ2) is 13.1. The first-order valence-electron chi connectivity index (χ1n) is 12.4. The normalized spacial score (nSPS) is 11.9. The lowest BCUT2D eigenvalue weighted by Gasteiger charge is -2.15. The Morgan fingerprint density at radius 2 is 1.67 bits per heavy atom. The molecule has 0 saturated carbocycles. The van der Waals surface area contributed by atoms with Crippen molar-refractivity contribution in [2.45, 2.75) is 30.9 Å². The summed E-state index contributed by atoms with van der Waals surface area (Å²) in [6.07, 6.45) is 1.65. The van der Waals surface area contributed by atoms with Gasteiger partial charge in [0.2, 0.25) is 5.91 Å². The van der Waals surface area contributed by atoms with E-state index in [1.165, 1.54) is 23.1 Å². The minimum absolute atomic E-state index is 0.105. The molecular formula is C31H29N3O3S2. The molecule has 3 amide bonds. The van der Waals surface area contributed by atoms with Crippen molar-refractivity contribution in [1.29, 1.82) is 0 Å². The van der Waals surface area contributed by atoms with Crippen LogP contribution in [0.3, 0.4) is 0 Å². The first-order chi connectivity index (χ1) is 18.8. The van der Waals surface area contributed by atoms with Crippen LogP contribution in [0.2, 0.25) is 0 Å². The monoisotopic (exact) mass is 555 g/mol. The molecule has 4 aromatic rings. The maximum absolute atomic E-state index is 13.2. The molecule has 0 aliphatic heterocycles. The average molecular weight is 556 g/mol. The van der Waals surface area contributed by atoms with Crippen molar-refractivity contribution in [2.75, 3.05) is 10.6 Å². The molecule has 3 N–H and O–H groups in total. The summed E-state index contributed by atoms with van der Waals surface area (Å²) in [5.41, 5.74) is 4.08. The standard InChI is InChI=1S/C31H29N3O3S2/c1-20-14-15-27(21(2)17-20)33-29(35)22(3)39-26-12-7-11-24(18-26)32-31(37)28(19-25-13-8-16-38-25)34-30(36)23-9-5-4-6-10-23/h4-19,22H,1-3H3,(H,32,37)(H,33,35)(H,34,36)/b28-19-. The molecule has 39 heavy (non-hydrogen) atoms. The fourth-order valence-electron chi connectivity index (χ4n) is 3.75. The molecule has 0 spiro atoms. The number of carbonyl (C=O) groups is 3. The van der Waals surface area contributed by atoms with Crippen molar-refractivity contribution < 1.29 is 14.4 Å². The molecule has 1 atom stereocenters. The number of hydrogen-bond donors (Lipinski definition) is 3. The van der Waals surface area contributed by atoms with Gasteiger partial charge in [-0.25, -0.2) is 0 Å². The molecule has 1 heterocycles.